The smallest absolute Gasteiger partial charge is 0.246 e. The molecule has 9 heteroatoms. The first kappa shape index (κ1) is 16.5. The van der Waals surface area contributed by atoms with Gasteiger partial charge in [-0.15, -0.1) is 5.10 Å². The molecule has 6 rings (SSSR count). The highest BCUT2D eigenvalue weighted by Crippen LogP contribution is 2.63. The lowest BCUT2D eigenvalue weighted by molar-refractivity contribution is -0.138. The summed E-state index contributed by atoms with van der Waals surface area (Å²) in [5, 5.41) is 19.6. The van der Waals surface area contributed by atoms with Gasteiger partial charge in [-0.1, -0.05) is 0 Å². The predicted molar refractivity (Wildman–Crippen MR) is 90.2 cm³/mol. The van der Waals surface area contributed by atoms with Crippen LogP contribution in [-0.2, 0) is 11.2 Å². The molecule has 1 aliphatic heterocycles. The lowest BCUT2D eigenvalue weighted by Gasteiger charge is -2.37. The first-order chi connectivity index (χ1) is 13.0. The Morgan fingerprint density at radius 2 is 2.00 bits per heavy atom. The fourth-order valence-electron chi connectivity index (χ4n) is 5.09. The standard InChI is InChI=1S/C18H18F2N6O/c19-12-3-10(4-13(20)5-12)15-1-2-21-26(15)17(27)14-8-18(6-11(14)7-18)9-16-22-24-25-23-16/h2-5,11,14-15H,1,6-9H2,(H,22,23,24,25)/t11?,14-,15?,18?/m0/s1. The Balaban J connectivity index is 1.33. The zero-order chi connectivity index (χ0) is 18.6. The van der Waals surface area contributed by atoms with Crippen molar-refractivity contribution in [2.45, 2.75) is 38.1 Å². The van der Waals surface area contributed by atoms with Gasteiger partial charge in [0.2, 0.25) is 5.91 Å². The molecule has 3 saturated carbocycles. The number of halogens is 2. The summed E-state index contributed by atoms with van der Waals surface area (Å²) in [7, 11) is 0. The Morgan fingerprint density at radius 3 is 2.70 bits per heavy atom. The van der Waals surface area contributed by atoms with Crippen LogP contribution >= 0.6 is 0 Å². The van der Waals surface area contributed by atoms with Gasteiger partial charge in [-0.05, 0) is 58.7 Å². The van der Waals surface area contributed by atoms with Crippen molar-refractivity contribution < 1.29 is 13.6 Å². The number of nitrogens with zero attached hydrogens (tertiary/aromatic N) is 5. The fraction of sp³-hybridized carbons (Fsp3) is 0.500. The third kappa shape index (κ3) is 2.72. The third-order valence-corrected chi connectivity index (χ3v) is 6.19. The molecule has 1 aromatic carbocycles. The Kier molecular flexibility index (Phi) is 3.60. The second-order valence-corrected chi connectivity index (χ2v) is 7.94. The molecule has 3 aliphatic carbocycles. The SMILES string of the molecule is O=C([C@H]1CC2(Cc3nnn[nH]3)CC1C2)N1N=CCC1c1cc(F)cc(F)c1. The van der Waals surface area contributed by atoms with Gasteiger partial charge < -0.3 is 0 Å². The largest absolute Gasteiger partial charge is 0.273 e. The summed E-state index contributed by atoms with van der Waals surface area (Å²) in [6, 6.07) is 2.93. The number of carbonyl (C=O) groups is 1. The van der Waals surface area contributed by atoms with Gasteiger partial charge in [-0.3, -0.25) is 4.79 Å². The average molecular weight is 372 g/mol. The molecule has 140 valence electrons. The number of aromatic amines is 1. The Hall–Kier alpha value is -2.71. The molecule has 1 aromatic heterocycles. The molecule has 1 amide bonds. The van der Waals surface area contributed by atoms with Crippen molar-refractivity contribution in [3.63, 3.8) is 0 Å². The van der Waals surface area contributed by atoms with Gasteiger partial charge in [0.1, 0.15) is 17.5 Å². The van der Waals surface area contributed by atoms with E-state index in [2.05, 4.69) is 25.7 Å². The van der Waals surface area contributed by atoms with Gasteiger partial charge in [0.15, 0.2) is 0 Å². The lowest BCUT2D eigenvalue weighted by atomic mass is 9.67. The minimum Gasteiger partial charge on any atom is -0.273 e. The van der Waals surface area contributed by atoms with E-state index in [1.807, 2.05) is 0 Å². The van der Waals surface area contributed by atoms with Crippen LogP contribution in [0.4, 0.5) is 8.78 Å². The summed E-state index contributed by atoms with van der Waals surface area (Å²) in [5.41, 5.74) is 0.502. The van der Waals surface area contributed by atoms with Crippen LogP contribution in [0.15, 0.2) is 23.3 Å². The molecule has 1 N–H and O–H groups in total. The van der Waals surface area contributed by atoms with Crippen LogP contribution in [0, 0.1) is 28.9 Å². The van der Waals surface area contributed by atoms with E-state index < -0.39 is 17.7 Å². The Morgan fingerprint density at radius 1 is 1.22 bits per heavy atom. The van der Waals surface area contributed by atoms with Gasteiger partial charge in [0, 0.05) is 31.0 Å². The number of benzene rings is 1. The Labute approximate surface area is 153 Å². The summed E-state index contributed by atoms with van der Waals surface area (Å²) in [5.74, 6) is -0.391. The number of amides is 1. The molecule has 7 nitrogen and oxygen atoms in total. The highest BCUT2D eigenvalue weighted by Gasteiger charge is 2.59. The molecule has 2 aromatic rings. The maximum Gasteiger partial charge on any atom is 0.246 e. The molecule has 0 radical (unpaired) electrons. The molecule has 0 saturated heterocycles. The molecular weight excluding hydrogens is 354 g/mol. The van der Waals surface area contributed by atoms with Gasteiger partial charge in [0.25, 0.3) is 0 Å². The van der Waals surface area contributed by atoms with Gasteiger partial charge in [-0.25, -0.2) is 18.9 Å². The Bertz CT molecular complexity index is 888. The van der Waals surface area contributed by atoms with Crippen molar-refractivity contribution in [1.82, 2.24) is 25.6 Å². The molecule has 2 heterocycles. The highest BCUT2D eigenvalue weighted by atomic mass is 19.1. The van der Waals surface area contributed by atoms with Crippen molar-refractivity contribution in [2.75, 3.05) is 0 Å². The highest BCUT2D eigenvalue weighted by molar-refractivity contribution is 5.83. The minimum absolute atomic E-state index is 0.0570. The number of aromatic nitrogens is 4. The van der Waals surface area contributed by atoms with Crippen molar-refractivity contribution in [3.05, 3.63) is 41.2 Å². The topological polar surface area (TPSA) is 87.1 Å². The van der Waals surface area contributed by atoms with Gasteiger partial charge in [-0.2, -0.15) is 5.10 Å². The summed E-state index contributed by atoms with van der Waals surface area (Å²) in [6.45, 7) is 0. The number of hydrogen-bond acceptors (Lipinski definition) is 5. The average Bonchev–Trinajstić information content (AvgIpc) is 3.36. The molecular formula is C18H18F2N6O. The van der Waals surface area contributed by atoms with E-state index in [4.69, 9.17) is 0 Å². The van der Waals surface area contributed by atoms with Crippen LogP contribution in [-0.4, -0.2) is 37.8 Å². The van der Waals surface area contributed by atoms with E-state index in [-0.39, 0.29) is 17.2 Å². The van der Waals surface area contributed by atoms with Crippen LogP contribution in [0.2, 0.25) is 0 Å². The first-order valence-electron chi connectivity index (χ1n) is 9.07. The van der Waals surface area contributed by atoms with E-state index in [1.54, 1.807) is 6.21 Å². The number of tetrazole rings is 1. The van der Waals surface area contributed by atoms with Crippen LogP contribution < -0.4 is 0 Å². The summed E-state index contributed by atoms with van der Waals surface area (Å²) in [6.07, 6.45) is 5.55. The van der Waals surface area contributed by atoms with E-state index in [1.165, 1.54) is 17.1 Å². The zero-order valence-corrected chi connectivity index (χ0v) is 14.5. The predicted octanol–water partition coefficient (Wildman–Crippen LogP) is 2.40. The van der Waals surface area contributed by atoms with Crippen molar-refractivity contribution in [3.8, 4) is 0 Å². The zero-order valence-electron chi connectivity index (χ0n) is 14.5. The van der Waals surface area contributed by atoms with E-state index in [9.17, 15) is 13.6 Å². The minimum atomic E-state index is -0.646. The number of H-pyrrole nitrogens is 1. The van der Waals surface area contributed by atoms with Crippen LogP contribution in [0.25, 0.3) is 0 Å². The van der Waals surface area contributed by atoms with Gasteiger partial charge >= 0.3 is 0 Å². The van der Waals surface area contributed by atoms with Crippen LogP contribution in [0.1, 0.15) is 43.1 Å². The lowest BCUT2D eigenvalue weighted by Crippen LogP contribution is -2.35. The quantitative estimate of drug-likeness (QED) is 0.893. The molecule has 2 atom stereocenters. The first-order valence-corrected chi connectivity index (χ1v) is 9.07. The number of fused-ring (bicyclic) bond motifs is 1. The van der Waals surface area contributed by atoms with Crippen LogP contribution in [0.3, 0.4) is 0 Å². The molecule has 3 fully saturated rings. The summed E-state index contributed by atoms with van der Waals surface area (Å²) >= 11 is 0. The van der Waals surface area contributed by atoms with Crippen molar-refractivity contribution in [1.29, 1.82) is 0 Å². The molecule has 27 heavy (non-hydrogen) atoms. The second kappa shape index (κ2) is 5.90. The normalized spacial score (nSPS) is 31.3. The monoisotopic (exact) mass is 372 g/mol. The van der Waals surface area contributed by atoms with E-state index in [0.29, 0.717) is 17.9 Å². The number of hydrogen-bond donors (Lipinski definition) is 1. The molecule has 4 aliphatic rings. The second-order valence-electron chi connectivity index (χ2n) is 7.94. The number of rotatable bonds is 4. The van der Waals surface area contributed by atoms with Crippen molar-refractivity contribution in [2.24, 2.45) is 22.4 Å². The van der Waals surface area contributed by atoms with E-state index in [0.717, 1.165) is 37.6 Å². The molecule has 2 bridgehead atoms. The maximum atomic E-state index is 13.6. The maximum absolute atomic E-state index is 13.6. The molecule has 0 spiro atoms. The van der Waals surface area contributed by atoms with Gasteiger partial charge in [0.05, 0.1) is 6.04 Å². The third-order valence-electron chi connectivity index (χ3n) is 6.19. The fourth-order valence-corrected chi connectivity index (χ4v) is 5.09. The summed E-state index contributed by atoms with van der Waals surface area (Å²) < 4.78 is 27.2. The van der Waals surface area contributed by atoms with Crippen molar-refractivity contribution >= 4 is 12.1 Å². The number of carbonyl (C=O) groups excluding carboxylic acids is 1. The van der Waals surface area contributed by atoms with E-state index >= 15 is 0 Å². The number of nitrogens with one attached hydrogen (secondary N) is 1. The molecule has 1 unspecified atom stereocenters. The number of hydrazone groups is 1. The summed E-state index contributed by atoms with van der Waals surface area (Å²) in [4.78, 5) is 13.2. The van der Waals surface area contributed by atoms with Crippen LogP contribution in [0.5, 0.6) is 0 Å².